The number of methoxy groups -OCH3 is 1. The predicted molar refractivity (Wildman–Crippen MR) is 92.1 cm³/mol. The molecule has 2 aromatic rings. The maximum Gasteiger partial charge on any atom is 0.338 e. The van der Waals surface area contributed by atoms with E-state index in [2.05, 4.69) is 25.7 Å². The van der Waals surface area contributed by atoms with Gasteiger partial charge in [-0.15, -0.1) is 0 Å². The summed E-state index contributed by atoms with van der Waals surface area (Å²) < 4.78 is 12.7. The number of aryl methyl sites for hydroxylation is 1. The van der Waals surface area contributed by atoms with Crippen LogP contribution in [0.2, 0.25) is 25.7 Å². The van der Waals surface area contributed by atoms with E-state index in [4.69, 9.17) is 9.47 Å². The van der Waals surface area contributed by atoms with Gasteiger partial charge in [0.05, 0.1) is 18.2 Å². The molecule has 0 aliphatic carbocycles. The second kappa shape index (κ2) is 6.67. The van der Waals surface area contributed by atoms with Gasteiger partial charge in [-0.3, -0.25) is 0 Å². The molecule has 0 fully saturated rings. The molecule has 0 aliphatic rings. The lowest BCUT2D eigenvalue weighted by Gasteiger charge is -2.16. The van der Waals surface area contributed by atoms with Crippen molar-refractivity contribution in [3.05, 3.63) is 35.5 Å². The lowest BCUT2D eigenvalue weighted by molar-refractivity contribution is 0.0602. The Bertz CT molecular complexity index is 670. The van der Waals surface area contributed by atoms with Gasteiger partial charge in [0.2, 0.25) is 0 Å². The fourth-order valence-electron chi connectivity index (χ4n) is 2.37. The zero-order valence-electron chi connectivity index (χ0n) is 14.1. The molecule has 120 valence electrons. The number of hydrogen-bond donors (Lipinski definition) is 0. The van der Waals surface area contributed by atoms with Crippen LogP contribution in [0, 0.1) is 6.92 Å². The molecule has 5 heteroatoms. The van der Waals surface area contributed by atoms with Crippen molar-refractivity contribution in [1.82, 2.24) is 4.57 Å². The van der Waals surface area contributed by atoms with Gasteiger partial charge in [-0.1, -0.05) is 19.6 Å². The normalized spacial score (nSPS) is 11.9. The standard InChI is InChI=1S/C17H25NO3Si/c1-13-10-15(17(19)20-2)14-6-7-18(16(14)11-13)12-21-8-9-22(3,4)5/h6-7,10-11H,8-9,12H2,1-5H3. The zero-order valence-corrected chi connectivity index (χ0v) is 15.1. The molecule has 0 bridgehead atoms. The van der Waals surface area contributed by atoms with Gasteiger partial charge in [0.25, 0.3) is 0 Å². The van der Waals surface area contributed by atoms with E-state index >= 15 is 0 Å². The molecule has 2 rings (SSSR count). The maximum atomic E-state index is 11.9. The molecule has 1 aromatic carbocycles. The van der Waals surface area contributed by atoms with Crippen LogP contribution in [0.25, 0.3) is 10.9 Å². The van der Waals surface area contributed by atoms with Crippen LogP contribution in [0.4, 0.5) is 0 Å². The summed E-state index contributed by atoms with van der Waals surface area (Å²) in [7, 11) is 0.344. The van der Waals surface area contributed by atoms with Crippen molar-refractivity contribution in [2.75, 3.05) is 13.7 Å². The fraction of sp³-hybridized carbons (Fsp3) is 0.471. The number of ether oxygens (including phenoxy) is 2. The van der Waals surface area contributed by atoms with Gasteiger partial charge in [-0.25, -0.2) is 4.79 Å². The van der Waals surface area contributed by atoms with Gasteiger partial charge in [0.1, 0.15) is 6.73 Å². The first-order chi connectivity index (χ1) is 10.3. The molecule has 0 radical (unpaired) electrons. The van der Waals surface area contributed by atoms with Crippen LogP contribution >= 0.6 is 0 Å². The van der Waals surface area contributed by atoms with E-state index in [1.54, 1.807) is 0 Å². The van der Waals surface area contributed by atoms with Gasteiger partial charge in [-0.05, 0) is 36.7 Å². The Labute approximate surface area is 133 Å². The largest absolute Gasteiger partial charge is 0.465 e. The molecule has 0 saturated carbocycles. The molecule has 0 aliphatic heterocycles. The van der Waals surface area contributed by atoms with Crippen molar-refractivity contribution >= 4 is 24.9 Å². The summed E-state index contributed by atoms with van der Waals surface area (Å²) in [5.41, 5.74) is 2.65. The Morgan fingerprint density at radius 2 is 2.00 bits per heavy atom. The monoisotopic (exact) mass is 319 g/mol. The van der Waals surface area contributed by atoms with Gasteiger partial charge >= 0.3 is 5.97 Å². The number of hydrogen-bond acceptors (Lipinski definition) is 3. The van der Waals surface area contributed by atoms with Gasteiger partial charge < -0.3 is 14.0 Å². The number of carbonyl (C=O) groups is 1. The van der Waals surface area contributed by atoms with Crippen LogP contribution in [0.3, 0.4) is 0 Å². The van der Waals surface area contributed by atoms with Crippen molar-refractivity contribution in [2.24, 2.45) is 0 Å². The Hall–Kier alpha value is -1.59. The molecule has 0 amide bonds. The quantitative estimate of drug-likeness (QED) is 0.458. The number of carbonyl (C=O) groups excluding carboxylic acids is 1. The minimum Gasteiger partial charge on any atom is -0.465 e. The first-order valence-electron chi connectivity index (χ1n) is 7.57. The molecule has 22 heavy (non-hydrogen) atoms. The van der Waals surface area contributed by atoms with Crippen molar-refractivity contribution in [1.29, 1.82) is 0 Å². The first-order valence-corrected chi connectivity index (χ1v) is 11.3. The van der Waals surface area contributed by atoms with Crippen LogP contribution in [-0.2, 0) is 16.2 Å². The molecule has 1 heterocycles. The molecule has 1 aromatic heterocycles. The Morgan fingerprint density at radius 3 is 2.64 bits per heavy atom. The van der Waals surface area contributed by atoms with Crippen molar-refractivity contribution in [3.8, 4) is 0 Å². The van der Waals surface area contributed by atoms with Crippen LogP contribution in [0.1, 0.15) is 15.9 Å². The molecule has 0 N–H and O–H groups in total. The lowest BCUT2D eigenvalue weighted by Crippen LogP contribution is -2.21. The molecule has 4 nitrogen and oxygen atoms in total. The van der Waals surface area contributed by atoms with Crippen molar-refractivity contribution in [3.63, 3.8) is 0 Å². The third-order valence-electron chi connectivity index (χ3n) is 3.67. The summed E-state index contributed by atoms with van der Waals surface area (Å²) in [6, 6.07) is 7.04. The zero-order chi connectivity index (χ0) is 16.3. The highest BCUT2D eigenvalue weighted by molar-refractivity contribution is 6.76. The third-order valence-corrected chi connectivity index (χ3v) is 5.37. The van der Waals surface area contributed by atoms with Crippen LogP contribution in [0.5, 0.6) is 0 Å². The van der Waals surface area contributed by atoms with E-state index in [-0.39, 0.29) is 5.97 Å². The fourth-order valence-corrected chi connectivity index (χ4v) is 3.13. The summed E-state index contributed by atoms with van der Waals surface area (Å²) in [6.45, 7) is 10.3. The van der Waals surface area contributed by atoms with E-state index in [0.29, 0.717) is 12.3 Å². The average Bonchev–Trinajstić information content (AvgIpc) is 2.84. The number of nitrogens with zero attached hydrogens (tertiary/aromatic N) is 1. The summed E-state index contributed by atoms with van der Waals surface area (Å²) in [4.78, 5) is 11.9. The van der Waals surface area contributed by atoms with E-state index in [1.165, 1.54) is 7.11 Å². The van der Waals surface area contributed by atoms with Crippen LogP contribution < -0.4 is 0 Å². The minimum absolute atomic E-state index is 0.300. The highest BCUT2D eigenvalue weighted by atomic mass is 28.3. The Balaban J connectivity index is 2.18. The number of esters is 1. The number of aromatic nitrogens is 1. The Kier molecular flexibility index (Phi) is 5.08. The highest BCUT2D eigenvalue weighted by Crippen LogP contribution is 2.23. The molecular formula is C17H25NO3Si. The molecule has 0 spiro atoms. The van der Waals surface area contributed by atoms with E-state index in [0.717, 1.165) is 29.1 Å². The van der Waals surface area contributed by atoms with E-state index < -0.39 is 8.07 Å². The first kappa shape index (κ1) is 16.8. The van der Waals surface area contributed by atoms with E-state index in [9.17, 15) is 4.79 Å². The molecular weight excluding hydrogens is 294 g/mol. The van der Waals surface area contributed by atoms with E-state index in [1.807, 2.05) is 29.8 Å². The Morgan fingerprint density at radius 1 is 1.27 bits per heavy atom. The smallest absolute Gasteiger partial charge is 0.338 e. The maximum absolute atomic E-state index is 11.9. The lowest BCUT2D eigenvalue weighted by atomic mass is 10.1. The van der Waals surface area contributed by atoms with Gasteiger partial charge in [-0.2, -0.15) is 0 Å². The predicted octanol–water partition coefficient (Wildman–Crippen LogP) is 4.05. The molecule has 0 unspecified atom stereocenters. The molecule has 0 saturated heterocycles. The summed E-state index contributed by atoms with van der Waals surface area (Å²) >= 11 is 0. The summed E-state index contributed by atoms with van der Waals surface area (Å²) in [5, 5.41) is 0.909. The molecule has 0 atom stereocenters. The SMILES string of the molecule is COC(=O)c1cc(C)cc2c1ccn2COCC[Si](C)(C)C. The summed E-state index contributed by atoms with van der Waals surface area (Å²) in [6.07, 6.45) is 1.96. The number of benzene rings is 1. The van der Waals surface area contributed by atoms with Gasteiger partial charge in [0, 0.05) is 26.3 Å². The van der Waals surface area contributed by atoms with Crippen LogP contribution in [0.15, 0.2) is 24.4 Å². The minimum atomic E-state index is -1.07. The number of rotatable bonds is 6. The third kappa shape index (κ3) is 3.99. The van der Waals surface area contributed by atoms with Crippen molar-refractivity contribution in [2.45, 2.75) is 39.3 Å². The number of fused-ring (bicyclic) bond motifs is 1. The highest BCUT2D eigenvalue weighted by Gasteiger charge is 2.15. The topological polar surface area (TPSA) is 40.5 Å². The van der Waals surface area contributed by atoms with Gasteiger partial charge in [0.15, 0.2) is 0 Å². The second-order valence-corrected chi connectivity index (χ2v) is 12.5. The second-order valence-electron chi connectivity index (χ2n) is 6.87. The average molecular weight is 319 g/mol. The van der Waals surface area contributed by atoms with Crippen molar-refractivity contribution < 1.29 is 14.3 Å². The van der Waals surface area contributed by atoms with Crippen LogP contribution in [-0.4, -0.2) is 32.3 Å². The summed E-state index contributed by atoms with van der Waals surface area (Å²) in [5.74, 6) is -0.300.